The van der Waals surface area contributed by atoms with Crippen LogP contribution in [0.3, 0.4) is 0 Å². The minimum atomic E-state index is -0.727. The van der Waals surface area contributed by atoms with Gasteiger partial charge in [0.15, 0.2) is 12.4 Å². The Morgan fingerprint density at radius 3 is 2.50 bits per heavy atom. The predicted octanol–water partition coefficient (Wildman–Crippen LogP) is 1.03. The van der Waals surface area contributed by atoms with E-state index in [1.54, 1.807) is 31.2 Å². The monoisotopic (exact) mass is 331 g/mol. The lowest BCUT2D eigenvalue weighted by Crippen LogP contribution is -2.31. The fraction of sp³-hybridized carbons (Fsp3) is 0.312. The predicted molar refractivity (Wildman–Crippen MR) is 85.5 cm³/mol. The molecule has 1 aliphatic heterocycles. The van der Waals surface area contributed by atoms with Crippen molar-refractivity contribution < 1.29 is 23.9 Å². The minimum absolute atomic E-state index is 0.0834. The standard InChI is InChI=1S/C16H17N3O5/c1-2-14(21)17-11-5-3-10(4-6-11)13(20)9-24-16(23)12-7-8-15(22)19-18-12/h3-6H,2,7-9H2,1H3,(H,17,21)(H,19,22). The highest BCUT2D eigenvalue weighted by Gasteiger charge is 2.20. The van der Waals surface area contributed by atoms with Crippen molar-refractivity contribution in [3.8, 4) is 0 Å². The van der Waals surface area contributed by atoms with Gasteiger partial charge in [0.2, 0.25) is 11.8 Å². The van der Waals surface area contributed by atoms with Crippen molar-refractivity contribution in [3.05, 3.63) is 29.8 Å². The normalized spacial score (nSPS) is 13.5. The summed E-state index contributed by atoms with van der Waals surface area (Å²) in [4.78, 5) is 46.0. The van der Waals surface area contributed by atoms with Crippen LogP contribution in [0, 0.1) is 0 Å². The molecule has 0 aliphatic carbocycles. The lowest BCUT2D eigenvalue weighted by molar-refractivity contribution is -0.134. The molecule has 24 heavy (non-hydrogen) atoms. The molecule has 0 fully saturated rings. The Morgan fingerprint density at radius 2 is 1.92 bits per heavy atom. The van der Waals surface area contributed by atoms with Gasteiger partial charge in [0.25, 0.3) is 0 Å². The number of ketones is 1. The van der Waals surface area contributed by atoms with Crippen LogP contribution < -0.4 is 10.7 Å². The molecule has 1 aromatic carbocycles. The van der Waals surface area contributed by atoms with Gasteiger partial charge in [0.1, 0.15) is 5.71 Å². The summed E-state index contributed by atoms with van der Waals surface area (Å²) in [6.45, 7) is 1.32. The molecule has 0 bridgehead atoms. The molecule has 1 aromatic rings. The average molecular weight is 331 g/mol. The van der Waals surface area contributed by atoms with E-state index in [9.17, 15) is 19.2 Å². The van der Waals surface area contributed by atoms with Gasteiger partial charge in [-0.3, -0.25) is 14.4 Å². The van der Waals surface area contributed by atoms with Gasteiger partial charge in [-0.05, 0) is 24.3 Å². The van der Waals surface area contributed by atoms with Crippen LogP contribution in [0.5, 0.6) is 0 Å². The number of esters is 1. The van der Waals surface area contributed by atoms with E-state index in [2.05, 4.69) is 15.8 Å². The summed E-state index contributed by atoms with van der Waals surface area (Å²) in [5.74, 6) is -1.49. The summed E-state index contributed by atoms with van der Waals surface area (Å²) in [6, 6.07) is 6.28. The smallest absolute Gasteiger partial charge is 0.354 e. The highest BCUT2D eigenvalue weighted by Crippen LogP contribution is 2.11. The van der Waals surface area contributed by atoms with Crippen molar-refractivity contribution in [1.29, 1.82) is 0 Å². The number of rotatable bonds is 6. The first-order valence-corrected chi connectivity index (χ1v) is 7.45. The molecular weight excluding hydrogens is 314 g/mol. The maximum atomic E-state index is 12.0. The number of hydrogen-bond donors (Lipinski definition) is 2. The van der Waals surface area contributed by atoms with E-state index in [1.165, 1.54) is 0 Å². The van der Waals surface area contributed by atoms with Crippen LogP contribution in [0.2, 0.25) is 0 Å². The summed E-state index contributed by atoms with van der Waals surface area (Å²) >= 11 is 0. The third-order valence-electron chi connectivity index (χ3n) is 3.29. The molecule has 8 heteroatoms. The van der Waals surface area contributed by atoms with Crippen molar-refractivity contribution >= 4 is 35.0 Å². The van der Waals surface area contributed by atoms with E-state index >= 15 is 0 Å². The molecule has 0 spiro atoms. The Hall–Kier alpha value is -3.03. The highest BCUT2D eigenvalue weighted by atomic mass is 16.5. The summed E-state index contributed by atoms with van der Waals surface area (Å²) in [5.41, 5.74) is 3.21. The number of hydrogen-bond acceptors (Lipinski definition) is 6. The van der Waals surface area contributed by atoms with Gasteiger partial charge in [-0.25, -0.2) is 10.2 Å². The fourth-order valence-electron chi connectivity index (χ4n) is 1.91. The van der Waals surface area contributed by atoms with Crippen molar-refractivity contribution in [2.45, 2.75) is 26.2 Å². The first-order chi connectivity index (χ1) is 11.5. The zero-order valence-corrected chi connectivity index (χ0v) is 13.1. The molecule has 1 aliphatic rings. The molecule has 0 radical (unpaired) electrons. The molecule has 0 saturated heterocycles. The first-order valence-electron chi connectivity index (χ1n) is 7.45. The number of anilines is 1. The van der Waals surface area contributed by atoms with Gasteiger partial charge in [0, 0.05) is 30.5 Å². The van der Waals surface area contributed by atoms with Crippen LogP contribution in [-0.4, -0.2) is 35.9 Å². The summed E-state index contributed by atoms with van der Waals surface area (Å²) in [7, 11) is 0. The second-order valence-corrected chi connectivity index (χ2v) is 5.07. The van der Waals surface area contributed by atoms with Crippen LogP contribution in [-0.2, 0) is 19.1 Å². The van der Waals surface area contributed by atoms with Gasteiger partial charge >= 0.3 is 5.97 Å². The van der Waals surface area contributed by atoms with Crippen LogP contribution in [0.4, 0.5) is 5.69 Å². The number of nitrogens with zero attached hydrogens (tertiary/aromatic N) is 1. The van der Waals surface area contributed by atoms with Crippen molar-refractivity contribution in [2.24, 2.45) is 5.10 Å². The first kappa shape index (κ1) is 17.3. The number of benzene rings is 1. The SMILES string of the molecule is CCC(=O)Nc1ccc(C(=O)COC(=O)C2=NNC(=O)CC2)cc1. The number of Topliss-reactive ketones (excluding diaryl/α,β-unsaturated/α-hetero) is 1. The van der Waals surface area contributed by atoms with Crippen molar-refractivity contribution in [3.63, 3.8) is 0 Å². The second-order valence-electron chi connectivity index (χ2n) is 5.07. The maximum Gasteiger partial charge on any atom is 0.354 e. The molecule has 0 saturated carbocycles. The van der Waals surface area contributed by atoms with E-state index in [0.29, 0.717) is 17.7 Å². The number of nitrogens with one attached hydrogen (secondary N) is 2. The molecule has 2 N–H and O–H groups in total. The number of hydrazone groups is 1. The van der Waals surface area contributed by atoms with E-state index in [0.717, 1.165) is 0 Å². The van der Waals surface area contributed by atoms with Gasteiger partial charge in [-0.1, -0.05) is 6.92 Å². The number of carbonyl (C=O) groups excluding carboxylic acids is 4. The molecule has 8 nitrogen and oxygen atoms in total. The molecular formula is C16H17N3O5. The zero-order chi connectivity index (χ0) is 17.5. The summed E-state index contributed by atoms with van der Waals surface area (Å²) in [6.07, 6.45) is 0.707. The van der Waals surface area contributed by atoms with Gasteiger partial charge in [-0.15, -0.1) is 0 Å². The Morgan fingerprint density at radius 1 is 1.21 bits per heavy atom. The molecule has 0 atom stereocenters. The molecule has 126 valence electrons. The van der Waals surface area contributed by atoms with Gasteiger partial charge < -0.3 is 10.1 Å². The third-order valence-corrected chi connectivity index (χ3v) is 3.29. The Balaban J connectivity index is 1.87. The quantitative estimate of drug-likeness (QED) is 0.597. The second kappa shape index (κ2) is 8.00. The highest BCUT2D eigenvalue weighted by molar-refractivity contribution is 6.37. The number of ether oxygens (including phenoxy) is 1. The zero-order valence-electron chi connectivity index (χ0n) is 13.1. The van der Waals surface area contributed by atoms with Gasteiger partial charge in [-0.2, -0.15) is 5.10 Å². The van der Waals surface area contributed by atoms with E-state index in [-0.39, 0.29) is 36.2 Å². The topological polar surface area (TPSA) is 114 Å². The average Bonchev–Trinajstić information content (AvgIpc) is 2.60. The largest absolute Gasteiger partial charge is 0.453 e. The van der Waals surface area contributed by atoms with Crippen molar-refractivity contribution in [1.82, 2.24) is 5.43 Å². The van der Waals surface area contributed by atoms with Crippen LogP contribution in [0.15, 0.2) is 29.4 Å². The van der Waals surface area contributed by atoms with E-state index in [4.69, 9.17) is 4.74 Å². The van der Waals surface area contributed by atoms with Crippen LogP contribution in [0.1, 0.15) is 36.5 Å². The number of carbonyl (C=O) groups is 4. The third kappa shape index (κ3) is 4.73. The Kier molecular flexibility index (Phi) is 5.78. The van der Waals surface area contributed by atoms with E-state index in [1.807, 2.05) is 0 Å². The molecule has 1 heterocycles. The summed E-state index contributed by atoms with van der Waals surface area (Å²) in [5, 5.41) is 6.27. The summed E-state index contributed by atoms with van der Waals surface area (Å²) < 4.78 is 4.90. The maximum absolute atomic E-state index is 12.0. The van der Waals surface area contributed by atoms with Crippen molar-refractivity contribution in [2.75, 3.05) is 11.9 Å². The van der Waals surface area contributed by atoms with Crippen LogP contribution in [0.25, 0.3) is 0 Å². The lowest BCUT2D eigenvalue weighted by Gasteiger charge is -2.11. The number of amides is 2. The lowest BCUT2D eigenvalue weighted by atomic mass is 10.1. The van der Waals surface area contributed by atoms with Crippen LogP contribution >= 0.6 is 0 Å². The van der Waals surface area contributed by atoms with E-state index < -0.39 is 12.6 Å². The Labute approximate surface area is 138 Å². The molecule has 0 aromatic heterocycles. The Bertz CT molecular complexity index is 694. The molecule has 0 unspecified atom stereocenters. The molecule has 2 amide bonds. The minimum Gasteiger partial charge on any atom is -0.453 e. The van der Waals surface area contributed by atoms with Gasteiger partial charge in [0.05, 0.1) is 0 Å². The molecule has 2 rings (SSSR count). The fourth-order valence-corrected chi connectivity index (χ4v) is 1.91.